The predicted molar refractivity (Wildman–Crippen MR) is 64.6 cm³/mol. The minimum atomic E-state index is -0.464. The highest BCUT2D eigenvalue weighted by atomic mass is 16.6. The molecule has 100 valence electrons. The van der Waals surface area contributed by atoms with Gasteiger partial charge >= 0.3 is 5.69 Å². The normalized spacial score (nSPS) is 14.1. The van der Waals surface area contributed by atoms with E-state index in [9.17, 15) is 14.9 Å². The fourth-order valence-corrected chi connectivity index (χ4v) is 1.88. The van der Waals surface area contributed by atoms with Crippen molar-refractivity contribution < 1.29 is 9.72 Å². The largest absolute Gasteiger partial charge is 0.312 e. The van der Waals surface area contributed by atoms with Gasteiger partial charge in [0.15, 0.2) is 0 Å². The maximum absolute atomic E-state index is 11.5. The van der Waals surface area contributed by atoms with E-state index >= 15 is 0 Å². The van der Waals surface area contributed by atoms with E-state index in [0.717, 1.165) is 0 Å². The monoisotopic (exact) mass is 255 g/mol. The molecule has 8 heteroatoms. The summed E-state index contributed by atoms with van der Waals surface area (Å²) in [5.74, 6) is 4.30. The first-order valence-corrected chi connectivity index (χ1v) is 5.51. The number of amides is 1. The van der Waals surface area contributed by atoms with Gasteiger partial charge in [-0.15, -0.1) is 0 Å². The van der Waals surface area contributed by atoms with E-state index in [-0.39, 0.29) is 17.6 Å². The molecule has 0 saturated carbocycles. The number of aromatic nitrogens is 2. The zero-order valence-corrected chi connectivity index (χ0v) is 10.8. The third-order valence-corrected chi connectivity index (χ3v) is 3.13. The van der Waals surface area contributed by atoms with Crippen LogP contribution in [-0.4, -0.2) is 20.6 Å². The molecule has 1 heterocycles. The molecular formula is C10H17N5O3. The average molecular weight is 255 g/mol. The second-order valence-electron chi connectivity index (χ2n) is 4.26. The quantitative estimate of drug-likeness (QED) is 0.353. The molecule has 1 rings (SSSR count). The Labute approximate surface area is 104 Å². The van der Waals surface area contributed by atoms with Crippen molar-refractivity contribution in [1.29, 1.82) is 0 Å². The van der Waals surface area contributed by atoms with Gasteiger partial charge in [0.2, 0.25) is 5.91 Å². The van der Waals surface area contributed by atoms with E-state index in [2.05, 4.69) is 10.5 Å². The minimum absolute atomic E-state index is 0.0118. The van der Waals surface area contributed by atoms with Crippen LogP contribution < -0.4 is 11.3 Å². The van der Waals surface area contributed by atoms with E-state index in [1.807, 2.05) is 0 Å². The maximum atomic E-state index is 11.5. The standard InChI is InChI=1S/C10H17N5O3/c1-5(10(16)12-11)7(3)14-8(4)9(15(17)18)6(2)13-14/h5,7H,11H2,1-4H3,(H,12,16). The molecule has 2 atom stereocenters. The summed E-state index contributed by atoms with van der Waals surface area (Å²) in [6.45, 7) is 6.64. The first-order valence-electron chi connectivity index (χ1n) is 5.51. The van der Waals surface area contributed by atoms with Gasteiger partial charge in [-0.05, 0) is 20.8 Å². The molecule has 18 heavy (non-hydrogen) atoms. The van der Waals surface area contributed by atoms with Crippen LogP contribution >= 0.6 is 0 Å². The average Bonchev–Trinajstić information content (AvgIpc) is 2.61. The predicted octanol–water partition coefficient (Wildman–Crippen LogP) is 0.595. The third-order valence-electron chi connectivity index (χ3n) is 3.13. The SMILES string of the molecule is Cc1nn(C(C)C(C)C(=O)NN)c(C)c1[N+](=O)[O-]. The lowest BCUT2D eigenvalue weighted by atomic mass is 10.0. The summed E-state index contributed by atoms with van der Waals surface area (Å²) >= 11 is 0. The second kappa shape index (κ2) is 5.13. The number of hydrogen-bond donors (Lipinski definition) is 2. The molecule has 0 bridgehead atoms. The summed E-state index contributed by atoms with van der Waals surface area (Å²) in [5.41, 5.74) is 2.82. The Kier molecular flexibility index (Phi) is 4.02. The molecule has 0 aliphatic rings. The lowest BCUT2D eigenvalue weighted by molar-refractivity contribution is -0.386. The van der Waals surface area contributed by atoms with E-state index in [0.29, 0.717) is 11.4 Å². The van der Waals surface area contributed by atoms with E-state index < -0.39 is 10.8 Å². The number of rotatable bonds is 4. The van der Waals surface area contributed by atoms with Crippen molar-refractivity contribution in [1.82, 2.24) is 15.2 Å². The number of nitrogens with zero attached hydrogens (tertiary/aromatic N) is 3. The molecule has 0 fully saturated rings. The first-order chi connectivity index (χ1) is 8.31. The second-order valence-corrected chi connectivity index (χ2v) is 4.26. The van der Waals surface area contributed by atoms with Crippen molar-refractivity contribution in [3.05, 3.63) is 21.5 Å². The van der Waals surface area contributed by atoms with Gasteiger partial charge in [0.25, 0.3) is 0 Å². The van der Waals surface area contributed by atoms with Gasteiger partial charge in [0.1, 0.15) is 11.4 Å². The van der Waals surface area contributed by atoms with Gasteiger partial charge < -0.3 is 0 Å². The summed E-state index contributed by atoms with van der Waals surface area (Å²) in [5, 5.41) is 15.0. The highest BCUT2D eigenvalue weighted by Crippen LogP contribution is 2.27. The van der Waals surface area contributed by atoms with Crippen molar-refractivity contribution in [3.63, 3.8) is 0 Å². The molecule has 3 N–H and O–H groups in total. The third kappa shape index (κ3) is 2.33. The molecule has 0 saturated heterocycles. The van der Waals surface area contributed by atoms with Gasteiger partial charge in [0.05, 0.1) is 16.9 Å². The number of aryl methyl sites for hydroxylation is 1. The van der Waals surface area contributed by atoms with Gasteiger partial charge in [-0.1, -0.05) is 6.92 Å². The molecule has 0 aliphatic carbocycles. The van der Waals surface area contributed by atoms with Gasteiger partial charge in [-0.25, -0.2) is 5.84 Å². The topological polar surface area (TPSA) is 116 Å². The Hall–Kier alpha value is -1.96. The van der Waals surface area contributed by atoms with Crippen LogP contribution in [0.5, 0.6) is 0 Å². The van der Waals surface area contributed by atoms with Crippen LogP contribution in [0.1, 0.15) is 31.3 Å². The summed E-state index contributed by atoms with van der Waals surface area (Å²) in [6.07, 6.45) is 0. The molecule has 1 aromatic rings. The van der Waals surface area contributed by atoms with Crippen LogP contribution in [0.4, 0.5) is 5.69 Å². The van der Waals surface area contributed by atoms with Crippen LogP contribution in [-0.2, 0) is 4.79 Å². The fourth-order valence-electron chi connectivity index (χ4n) is 1.88. The number of nitrogens with two attached hydrogens (primary N) is 1. The Morgan fingerprint density at radius 1 is 1.50 bits per heavy atom. The Morgan fingerprint density at radius 3 is 2.44 bits per heavy atom. The van der Waals surface area contributed by atoms with E-state index in [1.54, 1.807) is 27.7 Å². The molecule has 8 nitrogen and oxygen atoms in total. The summed E-state index contributed by atoms with van der Waals surface area (Å²) in [7, 11) is 0. The van der Waals surface area contributed by atoms with Crippen LogP contribution in [0.25, 0.3) is 0 Å². The first kappa shape index (κ1) is 14.1. The van der Waals surface area contributed by atoms with Gasteiger partial charge in [-0.3, -0.25) is 25.0 Å². The molecule has 1 amide bonds. The van der Waals surface area contributed by atoms with Crippen LogP contribution in [0.2, 0.25) is 0 Å². The zero-order chi connectivity index (χ0) is 14.0. The number of nitrogens with one attached hydrogen (secondary N) is 1. The number of hydrazine groups is 1. The zero-order valence-electron chi connectivity index (χ0n) is 10.8. The summed E-state index contributed by atoms with van der Waals surface area (Å²) in [6, 6.07) is -0.319. The number of nitro groups is 1. The molecule has 0 spiro atoms. The molecule has 0 radical (unpaired) electrons. The Morgan fingerprint density at radius 2 is 2.06 bits per heavy atom. The van der Waals surface area contributed by atoms with Crippen molar-refractivity contribution in [2.24, 2.45) is 11.8 Å². The van der Waals surface area contributed by atoms with Crippen molar-refractivity contribution in [2.45, 2.75) is 33.7 Å². The summed E-state index contributed by atoms with van der Waals surface area (Å²) < 4.78 is 1.49. The van der Waals surface area contributed by atoms with Crippen molar-refractivity contribution in [3.8, 4) is 0 Å². The van der Waals surface area contributed by atoms with Crippen molar-refractivity contribution >= 4 is 11.6 Å². The number of carbonyl (C=O) groups excluding carboxylic acids is 1. The summed E-state index contributed by atoms with van der Waals surface area (Å²) in [4.78, 5) is 21.9. The molecule has 0 aromatic carbocycles. The number of hydrogen-bond acceptors (Lipinski definition) is 5. The Bertz CT molecular complexity index is 482. The minimum Gasteiger partial charge on any atom is -0.294 e. The van der Waals surface area contributed by atoms with E-state index in [1.165, 1.54) is 4.68 Å². The smallest absolute Gasteiger partial charge is 0.294 e. The number of carbonyl (C=O) groups is 1. The lowest BCUT2D eigenvalue weighted by Crippen LogP contribution is -2.38. The van der Waals surface area contributed by atoms with E-state index in [4.69, 9.17) is 5.84 Å². The molecule has 1 aromatic heterocycles. The van der Waals surface area contributed by atoms with Crippen molar-refractivity contribution in [2.75, 3.05) is 0 Å². The molecular weight excluding hydrogens is 238 g/mol. The van der Waals surface area contributed by atoms with Crippen LogP contribution in [0.3, 0.4) is 0 Å². The highest BCUT2D eigenvalue weighted by Gasteiger charge is 2.28. The van der Waals surface area contributed by atoms with Crippen LogP contribution in [0.15, 0.2) is 0 Å². The van der Waals surface area contributed by atoms with Gasteiger partial charge in [-0.2, -0.15) is 5.10 Å². The lowest BCUT2D eigenvalue weighted by Gasteiger charge is -2.19. The molecule has 0 aliphatic heterocycles. The fraction of sp³-hybridized carbons (Fsp3) is 0.600. The van der Waals surface area contributed by atoms with Gasteiger partial charge in [0, 0.05) is 0 Å². The van der Waals surface area contributed by atoms with Crippen LogP contribution in [0, 0.1) is 29.9 Å². The Balaban J connectivity index is 3.15. The maximum Gasteiger partial charge on any atom is 0.312 e. The highest BCUT2D eigenvalue weighted by molar-refractivity contribution is 5.78. The molecule has 2 unspecified atom stereocenters.